The molecule has 0 heterocycles. The smallest absolute Gasteiger partial charge is 0.333 e. The monoisotopic (exact) mass is 242 g/mol. The Balaban J connectivity index is 3.75. The fourth-order valence-electron chi connectivity index (χ4n) is 0.813. The van der Waals surface area contributed by atoms with E-state index >= 15 is 0 Å². The molecule has 0 aromatic heterocycles. The van der Waals surface area contributed by atoms with E-state index in [4.69, 9.17) is 9.84 Å². The average Bonchev–Trinajstić information content (AvgIpc) is 2.26. The Hall–Kier alpha value is -2.11. The number of carbonyl (C=O) groups excluding carboxylic acids is 2. The van der Waals surface area contributed by atoms with Gasteiger partial charge in [0.1, 0.15) is 0 Å². The zero-order valence-electron chi connectivity index (χ0n) is 9.47. The standard InChI is InChI=1S/C11H14O6/c1-3-10(14)16-5-4-6-17-11(15)8(2)7-9(12)13/h3,7H,1,4-6H2,2H3,(H,12,13)/b8-7-. The summed E-state index contributed by atoms with van der Waals surface area (Å²) in [5, 5.41) is 8.38. The van der Waals surface area contributed by atoms with Gasteiger partial charge >= 0.3 is 17.9 Å². The summed E-state index contributed by atoms with van der Waals surface area (Å²) in [4.78, 5) is 32.0. The molecule has 0 aliphatic carbocycles. The molecule has 0 radical (unpaired) electrons. The fraction of sp³-hybridized carbons (Fsp3) is 0.364. The van der Waals surface area contributed by atoms with E-state index in [0.29, 0.717) is 6.42 Å². The third-order valence-electron chi connectivity index (χ3n) is 1.59. The minimum atomic E-state index is -1.21. The molecule has 6 nitrogen and oxygen atoms in total. The van der Waals surface area contributed by atoms with Crippen LogP contribution >= 0.6 is 0 Å². The highest BCUT2D eigenvalue weighted by Crippen LogP contribution is 1.97. The van der Waals surface area contributed by atoms with E-state index in [9.17, 15) is 14.4 Å². The van der Waals surface area contributed by atoms with Gasteiger partial charge in [-0.2, -0.15) is 0 Å². The van der Waals surface area contributed by atoms with Gasteiger partial charge in [0.15, 0.2) is 0 Å². The van der Waals surface area contributed by atoms with E-state index in [0.717, 1.165) is 12.2 Å². The van der Waals surface area contributed by atoms with E-state index < -0.39 is 17.9 Å². The second kappa shape index (κ2) is 8.09. The van der Waals surface area contributed by atoms with Crippen LogP contribution in [0.1, 0.15) is 13.3 Å². The van der Waals surface area contributed by atoms with Crippen LogP contribution in [0.15, 0.2) is 24.3 Å². The molecule has 0 rings (SSSR count). The second-order valence-electron chi connectivity index (χ2n) is 3.03. The molecule has 0 aliphatic heterocycles. The van der Waals surface area contributed by atoms with Gasteiger partial charge in [0.05, 0.1) is 13.2 Å². The highest BCUT2D eigenvalue weighted by Gasteiger charge is 2.07. The first-order chi connectivity index (χ1) is 7.97. The number of aliphatic carboxylic acids is 1. The lowest BCUT2D eigenvalue weighted by molar-refractivity contribution is -0.141. The first-order valence-corrected chi connectivity index (χ1v) is 4.85. The highest BCUT2D eigenvalue weighted by atomic mass is 16.5. The summed E-state index contributed by atoms with van der Waals surface area (Å²) in [6.07, 6.45) is 2.14. The summed E-state index contributed by atoms with van der Waals surface area (Å²) in [6, 6.07) is 0. The molecule has 0 spiro atoms. The van der Waals surface area contributed by atoms with Gasteiger partial charge in [-0.3, -0.25) is 0 Å². The Morgan fingerprint density at radius 2 is 1.82 bits per heavy atom. The van der Waals surface area contributed by atoms with Crippen LogP contribution in [0.3, 0.4) is 0 Å². The van der Waals surface area contributed by atoms with Crippen molar-refractivity contribution >= 4 is 17.9 Å². The minimum Gasteiger partial charge on any atom is -0.478 e. The Labute approximate surface area is 98.5 Å². The van der Waals surface area contributed by atoms with Gasteiger partial charge in [-0.05, 0) is 6.92 Å². The number of esters is 2. The third-order valence-corrected chi connectivity index (χ3v) is 1.59. The molecule has 0 unspecified atom stereocenters. The van der Waals surface area contributed by atoms with Crippen molar-refractivity contribution in [1.82, 2.24) is 0 Å². The molecule has 0 aromatic rings. The number of hydrogen-bond donors (Lipinski definition) is 1. The van der Waals surface area contributed by atoms with Crippen molar-refractivity contribution in [2.75, 3.05) is 13.2 Å². The van der Waals surface area contributed by atoms with Gasteiger partial charge in [0.2, 0.25) is 0 Å². The fourth-order valence-corrected chi connectivity index (χ4v) is 0.813. The number of carboxylic acid groups (broad SMARTS) is 1. The molecule has 6 heteroatoms. The normalized spacial score (nSPS) is 10.5. The molecular formula is C11H14O6. The van der Waals surface area contributed by atoms with Crippen molar-refractivity contribution in [3.8, 4) is 0 Å². The van der Waals surface area contributed by atoms with Crippen molar-refractivity contribution < 1.29 is 29.0 Å². The molecule has 0 fully saturated rings. The summed E-state index contributed by atoms with van der Waals surface area (Å²) in [6.45, 7) is 4.72. The first-order valence-electron chi connectivity index (χ1n) is 4.85. The summed E-state index contributed by atoms with van der Waals surface area (Å²) in [5.41, 5.74) is 0.000543. The summed E-state index contributed by atoms with van der Waals surface area (Å²) < 4.78 is 9.37. The maximum Gasteiger partial charge on any atom is 0.333 e. The van der Waals surface area contributed by atoms with Crippen LogP contribution in [0.25, 0.3) is 0 Å². The van der Waals surface area contributed by atoms with Crippen LogP contribution in [0.5, 0.6) is 0 Å². The zero-order valence-corrected chi connectivity index (χ0v) is 9.47. The number of hydrogen-bond acceptors (Lipinski definition) is 5. The van der Waals surface area contributed by atoms with Crippen LogP contribution in [0, 0.1) is 0 Å². The molecule has 17 heavy (non-hydrogen) atoms. The third kappa shape index (κ3) is 7.78. The van der Waals surface area contributed by atoms with E-state index in [1.807, 2.05) is 0 Å². The number of carbonyl (C=O) groups is 3. The Morgan fingerprint density at radius 1 is 1.24 bits per heavy atom. The molecule has 1 N–H and O–H groups in total. The lowest BCUT2D eigenvalue weighted by Gasteiger charge is -2.04. The highest BCUT2D eigenvalue weighted by molar-refractivity contribution is 5.95. The Bertz CT molecular complexity index is 342. The van der Waals surface area contributed by atoms with Crippen molar-refractivity contribution in [1.29, 1.82) is 0 Å². The summed E-state index contributed by atoms with van der Waals surface area (Å²) in [7, 11) is 0. The van der Waals surface area contributed by atoms with Gasteiger partial charge in [-0.1, -0.05) is 6.58 Å². The molecule has 94 valence electrons. The predicted molar refractivity (Wildman–Crippen MR) is 58.1 cm³/mol. The van der Waals surface area contributed by atoms with Crippen molar-refractivity contribution in [3.63, 3.8) is 0 Å². The molecular weight excluding hydrogens is 228 g/mol. The number of rotatable bonds is 7. The molecule has 0 aliphatic rings. The largest absolute Gasteiger partial charge is 0.478 e. The predicted octanol–water partition coefficient (Wildman–Crippen LogP) is 0.680. The number of carboxylic acids is 1. The average molecular weight is 242 g/mol. The number of ether oxygens (including phenoxy) is 2. The van der Waals surface area contributed by atoms with Gasteiger partial charge in [-0.25, -0.2) is 14.4 Å². The van der Waals surface area contributed by atoms with Crippen LogP contribution in [-0.2, 0) is 23.9 Å². The maximum absolute atomic E-state index is 11.2. The minimum absolute atomic E-state index is 0.000543. The maximum atomic E-state index is 11.2. The lowest BCUT2D eigenvalue weighted by Crippen LogP contribution is -2.11. The van der Waals surface area contributed by atoms with Crippen LogP contribution in [-0.4, -0.2) is 36.2 Å². The van der Waals surface area contributed by atoms with E-state index in [2.05, 4.69) is 11.3 Å². The Kier molecular flexibility index (Phi) is 7.09. The molecule has 0 bridgehead atoms. The van der Waals surface area contributed by atoms with Gasteiger partial charge < -0.3 is 14.6 Å². The van der Waals surface area contributed by atoms with Crippen molar-refractivity contribution in [2.45, 2.75) is 13.3 Å². The summed E-state index contributed by atoms with van der Waals surface area (Å²) in [5.74, 6) is -2.46. The lowest BCUT2D eigenvalue weighted by atomic mass is 10.3. The molecule has 0 aromatic carbocycles. The van der Waals surface area contributed by atoms with Crippen molar-refractivity contribution in [3.05, 3.63) is 24.3 Å². The van der Waals surface area contributed by atoms with E-state index in [-0.39, 0.29) is 18.8 Å². The topological polar surface area (TPSA) is 89.9 Å². The molecule has 0 atom stereocenters. The van der Waals surface area contributed by atoms with Crippen LogP contribution in [0.4, 0.5) is 0 Å². The molecule has 0 saturated heterocycles. The molecule has 0 saturated carbocycles. The SMILES string of the molecule is C=CC(=O)OCCCOC(=O)/C(C)=C\C(=O)O. The first kappa shape index (κ1) is 14.9. The van der Waals surface area contributed by atoms with Crippen LogP contribution < -0.4 is 0 Å². The van der Waals surface area contributed by atoms with Crippen molar-refractivity contribution in [2.24, 2.45) is 0 Å². The van der Waals surface area contributed by atoms with E-state index in [1.54, 1.807) is 0 Å². The zero-order chi connectivity index (χ0) is 13.3. The quantitative estimate of drug-likeness (QED) is 0.401. The summed E-state index contributed by atoms with van der Waals surface area (Å²) >= 11 is 0. The van der Waals surface area contributed by atoms with Gasteiger partial charge in [0.25, 0.3) is 0 Å². The Morgan fingerprint density at radius 3 is 2.35 bits per heavy atom. The molecule has 0 amide bonds. The van der Waals surface area contributed by atoms with Crippen LogP contribution in [0.2, 0.25) is 0 Å². The van der Waals surface area contributed by atoms with Gasteiger partial charge in [0, 0.05) is 24.1 Å². The second-order valence-corrected chi connectivity index (χ2v) is 3.03. The van der Waals surface area contributed by atoms with E-state index in [1.165, 1.54) is 6.92 Å². The van der Waals surface area contributed by atoms with Gasteiger partial charge in [-0.15, -0.1) is 0 Å².